The highest BCUT2D eigenvalue weighted by atomic mass is 16.8. The van der Waals surface area contributed by atoms with Crippen molar-refractivity contribution in [3.8, 4) is 0 Å². The predicted octanol–water partition coefficient (Wildman–Crippen LogP) is 14.1. The van der Waals surface area contributed by atoms with Gasteiger partial charge in [-0.05, 0) is 64.2 Å². The molecule has 3 saturated heterocycles. The molecule has 0 aromatic rings. The first-order valence-electron chi connectivity index (χ1n) is 41.4. The van der Waals surface area contributed by atoms with Crippen LogP contribution < -0.4 is 5.32 Å². The smallest absolute Gasteiger partial charge is 0.220 e. The van der Waals surface area contributed by atoms with Gasteiger partial charge in [-0.2, -0.15) is 0 Å². The van der Waals surface area contributed by atoms with Crippen molar-refractivity contribution in [2.75, 3.05) is 26.4 Å². The molecular weight excluding hydrogens is 1290 g/mol. The number of rotatable bonds is 66. The summed E-state index contributed by atoms with van der Waals surface area (Å²) in [5, 5.41) is 121. The normalized spacial score (nSPS) is 26.5. The number of carbonyl (C=O) groups is 1. The van der Waals surface area contributed by atoms with Gasteiger partial charge in [0.15, 0.2) is 18.9 Å². The van der Waals surface area contributed by atoms with Crippen LogP contribution in [0.5, 0.6) is 0 Å². The lowest BCUT2D eigenvalue weighted by Crippen LogP contribution is -2.66. The molecular formula is C82H151NO18. The topological polar surface area (TPSA) is 307 Å². The first-order valence-corrected chi connectivity index (χ1v) is 41.4. The summed E-state index contributed by atoms with van der Waals surface area (Å²) in [7, 11) is 0. The van der Waals surface area contributed by atoms with Crippen molar-refractivity contribution in [3.05, 3.63) is 48.6 Å². The molecule has 12 N–H and O–H groups in total. The Balaban J connectivity index is 1.37. The van der Waals surface area contributed by atoms with Gasteiger partial charge in [0.25, 0.3) is 0 Å². The van der Waals surface area contributed by atoms with Crippen molar-refractivity contribution in [2.45, 2.75) is 439 Å². The molecule has 0 aromatic carbocycles. The van der Waals surface area contributed by atoms with E-state index >= 15 is 0 Å². The van der Waals surface area contributed by atoms with E-state index in [-0.39, 0.29) is 18.9 Å². The molecule has 3 aliphatic rings. The maximum Gasteiger partial charge on any atom is 0.220 e. The van der Waals surface area contributed by atoms with Gasteiger partial charge in [0.2, 0.25) is 5.91 Å². The molecule has 3 rings (SSSR count). The third-order valence-corrected chi connectivity index (χ3v) is 20.6. The van der Waals surface area contributed by atoms with Crippen molar-refractivity contribution in [1.82, 2.24) is 5.32 Å². The standard InChI is InChI=1S/C82H151NO18/c1-3-5-7-9-11-13-15-17-19-21-23-25-27-29-30-31-32-33-34-36-38-40-42-44-46-48-50-52-54-56-58-60-70(88)83-65(66(87)59-57-55-53-51-49-47-45-43-41-39-37-35-28-26-24-22-20-18-16-14-12-10-8-6-4-2)64-96-80-76(94)73(91)78(68(62-85)98-80)101-82-77(95)74(92)79(69(63-86)99-82)100-81-75(93)72(90)71(89)67(61-84)97-81/h15,17,21,23,49,51,57,59,65-69,71-82,84-87,89-95H,3-14,16,18-20,22,24-48,50,52-56,58,60-64H2,1-2H3,(H,83,88)/b17-15-,23-21-,51-49+,59-57+. The van der Waals surface area contributed by atoms with Gasteiger partial charge in [0, 0.05) is 6.42 Å². The summed E-state index contributed by atoms with van der Waals surface area (Å²) < 4.78 is 34.5. The number of nitrogens with one attached hydrogen (secondary N) is 1. The molecule has 3 fully saturated rings. The quantitative estimate of drug-likeness (QED) is 0.0199. The lowest BCUT2D eigenvalue weighted by atomic mass is 9.96. The number of aliphatic hydroxyl groups is 11. The van der Waals surface area contributed by atoms with Crippen molar-refractivity contribution in [2.24, 2.45) is 0 Å². The van der Waals surface area contributed by atoms with Crippen molar-refractivity contribution in [1.29, 1.82) is 0 Å². The average molecular weight is 1440 g/mol. The summed E-state index contributed by atoms with van der Waals surface area (Å²) in [5.74, 6) is -0.280. The third-order valence-electron chi connectivity index (χ3n) is 20.6. The number of ether oxygens (including phenoxy) is 6. The third kappa shape index (κ3) is 42.8. The second-order valence-corrected chi connectivity index (χ2v) is 29.6. The maximum atomic E-state index is 13.5. The van der Waals surface area contributed by atoms with Gasteiger partial charge in [-0.1, -0.05) is 313 Å². The van der Waals surface area contributed by atoms with E-state index in [0.29, 0.717) is 12.8 Å². The Morgan fingerprint density at radius 3 is 1.05 bits per heavy atom. The Labute approximate surface area is 612 Å². The minimum Gasteiger partial charge on any atom is -0.394 e. The number of amides is 1. The van der Waals surface area contributed by atoms with Crippen LogP contribution in [0.3, 0.4) is 0 Å². The number of carbonyl (C=O) groups excluding carboxylic acids is 1. The molecule has 101 heavy (non-hydrogen) atoms. The van der Waals surface area contributed by atoms with Gasteiger partial charge in [0.05, 0.1) is 38.6 Å². The van der Waals surface area contributed by atoms with Crippen LogP contribution in [0, 0.1) is 0 Å². The molecule has 17 unspecified atom stereocenters. The van der Waals surface area contributed by atoms with Gasteiger partial charge in [-0.3, -0.25) is 4.79 Å². The summed E-state index contributed by atoms with van der Waals surface area (Å²) in [6.07, 6.45) is 52.5. The van der Waals surface area contributed by atoms with Crippen molar-refractivity contribution >= 4 is 5.91 Å². The predicted molar refractivity (Wildman–Crippen MR) is 402 cm³/mol. The fourth-order valence-corrected chi connectivity index (χ4v) is 13.9. The highest BCUT2D eigenvalue weighted by molar-refractivity contribution is 5.76. The number of allylic oxidation sites excluding steroid dienone is 7. The molecule has 0 radical (unpaired) electrons. The van der Waals surface area contributed by atoms with Crippen LogP contribution in [-0.2, 0) is 33.2 Å². The molecule has 0 aliphatic carbocycles. The van der Waals surface area contributed by atoms with E-state index in [0.717, 1.165) is 44.9 Å². The molecule has 1 amide bonds. The highest BCUT2D eigenvalue weighted by Crippen LogP contribution is 2.33. The fraction of sp³-hybridized carbons (Fsp3) is 0.890. The zero-order chi connectivity index (χ0) is 73.2. The van der Waals surface area contributed by atoms with Crippen LogP contribution in [0.2, 0.25) is 0 Å². The van der Waals surface area contributed by atoms with Crippen molar-refractivity contribution in [3.63, 3.8) is 0 Å². The van der Waals surface area contributed by atoms with Gasteiger partial charge in [0.1, 0.15) is 73.2 Å². The highest BCUT2D eigenvalue weighted by Gasteiger charge is 2.54. The van der Waals surface area contributed by atoms with Gasteiger partial charge in [-0.25, -0.2) is 0 Å². The van der Waals surface area contributed by atoms with Crippen LogP contribution in [0.15, 0.2) is 48.6 Å². The minimum absolute atomic E-state index is 0.238. The summed E-state index contributed by atoms with van der Waals surface area (Å²) in [4.78, 5) is 13.5. The zero-order valence-electron chi connectivity index (χ0n) is 63.4. The second-order valence-electron chi connectivity index (χ2n) is 29.6. The first kappa shape index (κ1) is 93.0. The molecule has 19 nitrogen and oxygen atoms in total. The molecule has 0 bridgehead atoms. The van der Waals surface area contributed by atoms with Crippen LogP contribution in [0.4, 0.5) is 0 Å². The summed E-state index contributed by atoms with van der Waals surface area (Å²) >= 11 is 0. The van der Waals surface area contributed by atoms with E-state index in [2.05, 4.69) is 55.6 Å². The molecule has 19 heteroatoms. The largest absolute Gasteiger partial charge is 0.394 e. The fourth-order valence-electron chi connectivity index (χ4n) is 13.9. The summed E-state index contributed by atoms with van der Waals surface area (Å²) in [6, 6.07) is -0.991. The Morgan fingerprint density at radius 2 is 0.663 bits per heavy atom. The molecule has 17 atom stereocenters. The molecule has 0 saturated carbocycles. The first-order chi connectivity index (χ1) is 49.3. The monoisotopic (exact) mass is 1440 g/mol. The van der Waals surface area contributed by atoms with E-state index in [9.17, 15) is 61.0 Å². The van der Waals surface area contributed by atoms with Gasteiger partial charge < -0.3 is 89.9 Å². The molecule has 0 spiro atoms. The number of aliphatic hydroxyl groups excluding tert-OH is 11. The van der Waals surface area contributed by atoms with E-state index in [1.165, 1.54) is 257 Å². The molecule has 0 aromatic heterocycles. The summed E-state index contributed by atoms with van der Waals surface area (Å²) in [5.41, 5.74) is 0. The average Bonchev–Trinajstić information content (AvgIpc) is 0.792. The van der Waals surface area contributed by atoms with Crippen LogP contribution in [-0.4, -0.2) is 193 Å². The lowest BCUT2D eigenvalue weighted by Gasteiger charge is -2.48. The van der Waals surface area contributed by atoms with Crippen LogP contribution in [0.25, 0.3) is 0 Å². The molecule has 592 valence electrons. The molecule has 3 aliphatic heterocycles. The number of hydrogen-bond donors (Lipinski definition) is 12. The van der Waals surface area contributed by atoms with E-state index < -0.39 is 124 Å². The van der Waals surface area contributed by atoms with Gasteiger partial charge >= 0.3 is 0 Å². The van der Waals surface area contributed by atoms with E-state index in [1.807, 2.05) is 6.08 Å². The zero-order valence-corrected chi connectivity index (χ0v) is 63.4. The van der Waals surface area contributed by atoms with E-state index in [4.69, 9.17) is 28.4 Å². The SMILES string of the molecule is CCCCCCC/C=C\C/C=C\CCCCCCCCCCCCCCCCCCCCCC(=O)NC(COC1OC(CO)C(OC2OC(CO)C(OC3OC(CO)C(O)C(O)C3O)C(O)C2O)C(O)C1O)C(O)/C=C/CC/C=C/CCCCCCCCCCCCCCCCCCCCC. The Morgan fingerprint density at radius 1 is 0.356 bits per heavy atom. The van der Waals surface area contributed by atoms with E-state index in [1.54, 1.807) is 6.08 Å². The number of unbranched alkanes of at least 4 members (excludes halogenated alkanes) is 44. The second kappa shape index (κ2) is 62.8. The maximum absolute atomic E-state index is 13.5. The van der Waals surface area contributed by atoms with Crippen LogP contribution in [0.1, 0.15) is 335 Å². The van der Waals surface area contributed by atoms with Crippen LogP contribution >= 0.6 is 0 Å². The number of hydrogen-bond acceptors (Lipinski definition) is 18. The Kier molecular flexibility index (Phi) is 57.8. The van der Waals surface area contributed by atoms with Gasteiger partial charge in [-0.15, -0.1) is 0 Å². The minimum atomic E-state index is -1.98. The lowest BCUT2D eigenvalue weighted by molar-refractivity contribution is -0.379. The Hall–Kier alpha value is -2.25. The molecule has 3 heterocycles. The summed E-state index contributed by atoms with van der Waals surface area (Å²) in [6.45, 7) is 1.76. The van der Waals surface area contributed by atoms with Crippen molar-refractivity contribution < 1.29 is 89.4 Å². The Bertz CT molecular complexity index is 2010.